The Hall–Kier alpha value is -1.08. The summed E-state index contributed by atoms with van der Waals surface area (Å²) in [6, 6.07) is 6.95. The molecular weight excluding hydrogens is 151 g/mol. The lowest BCUT2D eigenvalue weighted by molar-refractivity contribution is 0.400. The molecule has 50 valence electrons. The summed E-state index contributed by atoms with van der Waals surface area (Å²) >= 11 is 0. The normalized spacial score (nSPS) is 13.8. The zero-order valence-electron chi connectivity index (χ0n) is 4.98. The zero-order valence-corrected chi connectivity index (χ0v) is 5.88. The first-order valence-electron chi connectivity index (χ1n) is 2.78. The molecule has 0 unspecified atom stereocenters. The summed E-state index contributed by atoms with van der Waals surface area (Å²) in [5, 5.41) is 0. The smallest absolute Gasteiger partial charge is 0.222 e. The fourth-order valence-corrected chi connectivity index (χ4v) is 1.39. The van der Waals surface area contributed by atoms with E-state index in [2.05, 4.69) is 0 Å². The highest BCUT2D eigenvalue weighted by Crippen LogP contribution is 2.37. The van der Waals surface area contributed by atoms with Crippen LogP contribution in [0.2, 0.25) is 0 Å². The molecule has 0 atom stereocenters. The van der Waals surface area contributed by atoms with Crippen molar-refractivity contribution in [3.8, 4) is 11.5 Å². The number of benzene rings is 1. The average molecular weight is 155 g/mol. The molecule has 3 nitrogen and oxygen atoms in total. The first-order valence-corrected chi connectivity index (χ1v) is 3.87. The van der Waals surface area contributed by atoms with Crippen molar-refractivity contribution in [3.05, 3.63) is 24.3 Å². The molecule has 4 heteroatoms. The summed E-state index contributed by atoms with van der Waals surface area (Å²) < 4.78 is 20.2. The second-order valence-corrected chi connectivity index (χ2v) is 2.69. The van der Waals surface area contributed by atoms with Crippen LogP contribution in [0.25, 0.3) is 0 Å². The van der Waals surface area contributed by atoms with E-state index in [-0.39, 0.29) is 0 Å². The molecule has 1 heterocycles. The molecule has 2 bridgehead atoms. The Kier molecular flexibility index (Phi) is 1.11. The average Bonchev–Trinajstić information content (AvgIpc) is 1.85. The molecule has 0 fully saturated rings. The third kappa shape index (κ3) is 0.847. The van der Waals surface area contributed by atoms with Gasteiger partial charge in [-0.3, -0.25) is 0 Å². The molecule has 1 aliphatic heterocycles. The van der Waals surface area contributed by atoms with E-state index in [1.165, 1.54) is 0 Å². The van der Waals surface area contributed by atoms with E-state index in [4.69, 9.17) is 9.05 Å². The van der Waals surface area contributed by atoms with Crippen LogP contribution in [0.15, 0.2) is 24.3 Å². The lowest BCUT2D eigenvalue weighted by Crippen LogP contribution is -1.93. The highest BCUT2D eigenvalue weighted by atomic mass is 31.1. The van der Waals surface area contributed by atoms with Gasteiger partial charge in [-0.05, 0) is 12.1 Å². The summed E-state index contributed by atoms with van der Waals surface area (Å²) in [6.07, 6.45) is 0. The summed E-state index contributed by atoms with van der Waals surface area (Å²) in [7, 11) is -1.96. The van der Waals surface area contributed by atoms with E-state index in [1.54, 1.807) is 24.3 Å². The lowest BCUT2D eigenvalue weighted by atomic mass is 10.3. The third-order valence-corrected chi connectivity index (χ3v) is 1.89. The lowest BCUT2D eigenvalue weighted by Gasteiger charge is -1.99. The van der Waals surface area contributed by atoms with Crippen molar-refractivity contribution >= 4 is 8.25 Å². The van der Waals surface area contributed by atoms with Crippen molar-refractivity contribution in [2.75, 3.05) is 0 Å². The topological polar surface area (TPSA) is 35.5 Å². The molecule has 2 rings (SSSR count). The number of rotatable bonds is 0. The molecule has 1 aromatic rings. The third-order valence-electron chi connectivity index (χ3n) is 1.17. The maximum absolute atomic E-state index is 10.7. The minimum absolute atomic E-state index is 0.602. The van der Waals surface area contributed by atoms with Crippen LogP contribution in [0.3, 0.4) is 0 Å². The molecule has 1 aromatic carbocycles. The molecule has 10 heavy (non-hydrogen) atoms. The fraction of sp³-hybridized carbons (Fsp3) is 0. The standard InChI is InChI=1S/C6H4O3P/c7-10-8-5-2-1-3-6(4-5)9-10/h1-4H/q+1. The molecule has 0 N–H and O–H groups in total. The SMILES string of the molecule is O=[P+]1Oc2cccc(c2)O1. The van der Waals surface area contributed by atoms with Crippen molar-refractivity contribution in [1.82, 2.24) is 0 Å². The minimum atomic E-state index is -1.96. The van der Waals surface area contributed by atoms with E-state index in [9.17, 15) is 4.57 Å². The van der Waals surface area contributed by atoms with Gasteiger partial charge in [-0.15, -0.1) is 0 Å². The molecular formula is C6H4O3P+. The summed E-state index contributed by atoms with van der Waals surface area (Å²) in [6.45, 7) is 0. The van der Waals surface area contributed by atoms with E-state index in [0.29, 0.717) is 11.5 Å². The van der Waals surface area contributed by atoms with E-state index in [1.807, 2.05) is 0 Å². The Morgan fingerprint density at radius 1 is 1.20 bits per heavy atom. The second-order valence-electron chi connectivity index (χ2n) is 1.88. The highest BCUT2D eigenvalue weighted by molar-refractivity contribution is 7.34. The van der Waals surface area contributed by atoms with Gasteiger partial charge >= 0.3 is 8.25 Å². The van der Waals surface area contributed by atoms with Gasteiger partial charge in [-0.2, -0.15) is 0 Å². The number of fused-ring (bicyclic) bond motifs is 2. The molecule has 0 aliphatic carbocycles. The van der Waals surface area contributed by atoms with Crippen LogP contribution >= 0.6 is 8.25 Å². The summed E-state index contributed by atoms with van der Waals surface area (Å²) in [5.74, 6) is 1.20. The van der Waals surface area contributed by atoms with Gasteiger partial charge in [-0.25, -0.2) is 9.05 Å². The molecule has 0 saturated carbocycles. The molecule has 1 aliphatic rings. The maximum Gasteiger partial charge on any atom is 0.805 e. The van der Waals surface area contributed by atoms with E-state index < -0.39 is 8.25 Å². The van der Waals surface area contributed by atoms with Crippen LogP contribution < -0.4 is 9.05 Å². The van der Waals surface area contributed by atoms with Crippen LogP contribution in [0, 0.1) is 0 Å². The van der Waals surface area contributed by atoms with Gasteiger partial charge in [0.05, 0.1) is 0 Å². The Labute approximate surface area is 58.5 Å². The second kappa shape index (κ2) is 1.96. The van der Waals surface area contributed by atoms with Gasteiger partial charge in [0.2, 0.25) is 0 Å². The van der Waals surface area contributed by atoms with Gasteiger partial charge in [0.15, 0.2) is 11.5 Å². The minimum Gasteiger partial charge on any atom is -0.222 e. The predicted molar refractivity (Wildman–Crippen MR) is 35.3 cm³/mol. The summed E-state index contributed by atoms with van der Waals surface area (Å²) in [4.78, 5) is 0. The van der Waals surface area contributed by atoms with Crippen LogP contribution in [-0.4, -0.2) is 0 Å². The zero-order chi connectivity index (χ0) is 6.97. The molecule has 0 amide bonds. The van der Waals surface area contributed by atoms with Gasteiger partial charge in [0.1, 0.15) is 0 Å². The quantitative estimate of drug-likeness (QED) is 0.538. The first kappa shape index (κ1) is 5.69. The van der Waals surface area contributed by atoms with E-state index in [0.717, 1.165) is 0 Å². The predicted octanol–water partition coefficient (Wildman–Crippen LogP) is 2.12. The van der Waals surface area contributed by atoms with Gasteiger partial charge < -0.3 is 0 Å². The number of hydrogen-bond acceptors (Lipinski definition) is 3. The Morgan fingerprint density at radius 2 is 1.80 bits per heavy atom. The maximum atomic E-state index is 10.7. The van der Waals surface area contributed by atoms with Crippen molar-refractivity contribution in [1.29, 1.82) is 0 Å². The Morgan fingerprint density at radius 3 is 2.40 bits per heavy atom. The van der Waals surface area contributed by atoms with Crippen LogP contribution in [0.4, 0.5) is 0 Å². The Bertz CT molecular complexity index is 261. The van der Waals surface area contributed by atoms with E-state index >= 15 is 0 Å². The van der Waals surface area contributed by atoms with Crippen molar-refractivity contribution in [2.24, 2.45) is 0 Å². The van der Waals surface area contributed by atoms with Gasteiger partial charge in [-0.1, -0.05) is 6.07 Å². The highest BCUT2D eigenvalue weighted by Gasteiger charge is 2.28. The first-order chi connectivity index (χ1) is 4.84. The number of hydrogen-bond donors (Lipinski definition) is 0. The van der Waals surface area contributed by atoms with Crippen LogP contribution in [-0.2, 0) is 4.57 Å². The van der Waals surface area contributed by atoms with Gasteiger partial charge in [0.25, 0.3) is 0 Å². The van der Waals surface area contributed by atoms with Crippen molar-refractivity contribution in [3.63, 3.8) is 0 Å². The Balaban J connectivity index is 2.52. The monoisotopic (exact) mass is 155 g/mol. The van der Waals surface area contributed by atoms with Crippen LogP contribution in [0.1, 0.15) is 0 Å². The van der Waals surface area contributed by atoms with Crippen molar-refractivity contribution in [2.45, 2.75) is 0 Å². The van der Waals surface area contributed by atoms with Crippen molar-refractivity contribution < 1.29 is 13.6 Å². The molecule has 0 spiro atoms. The van der Waals surface area contributed by atoms with Gasteiger partial charge in [0, 0.05) is 10.6 Å². The largest absolute Gasteiger partial charge is 0.805 e. The fourth-order valence-electron chi connectivity index (χ4n) is 0.779. The molecule has 0 saturated heterocycles. The van der Waals surface area contributed by atoms with Crippen LogP contribution in [0.5, 0.6) is 11.5 Å². The summed E-state index contributed by atoms with van der Waals surface area (Å²) in [5.41, 5.74) is 0. The molecule has 0 aromatic heterocycles. The molecule has 0 radical (unpaired) electrons.